The van der Waals surface area contributed by atoms with Gasteiger partial charge < -0.3 is 0 Å². The number of fused-ring (bicyclic) bond motifs is 3. The molecule has 0 fully saturated rings. The van der Waals surface area contributed by atoms with Crippen molar-refractivity contribution in [3.63, 3.8) is 0 Å². The molecule has 0 saturated carbocycles. The van der Waals surface area contributed by atoms with Crippen LogP contribution in [-0.2, 0) is 19.3 Å². The van der Waals surface area contributed by atoms with Gasteiger partial charge in [-0.1, -0.05) is 31.2 Å². The van der Waals surface area contributed by atoms with Crippen molar-refractivity contribution >= 4 is 19.0 Å². The SMILES string of the molecule is Cc1c2c(c3c(c1[Si](C)(C)C)CCCC3=O)CCCCC2. The standard InChI is InChI=1S/C19H28OSi/c1-13-14-9-6-5-7-10-15(14)18-16(11-8-12-17(18)20)19(13)21(2,3)4/h5-12H2,1-4H3. The molecule has 0 N–H and O–H groups in total. The summed E-state index contributed by atoms with van der Waals surface area (Å²) >= 11 is 0. The van der Waals surface area contributed by atoms with Gasteiger partial charge in [-0.3, -0.25) is 4.79 Å². The van der Waals surface area contributed by atoms with Gasteiger partial charge in [-0.15, -0.1) is 0 Å². The van der Waals surface area contributed by atoms with Crippen molar-refractivity contribution in [2.75, 3.05) is 0 Å². The molecule has 0 aliphatic heterocycles. The second-order valence-corrected chi connectivity index (χ2v) is 12.9. The fourth-order valence-electron chi connectivity index (χ4n) is 4.61. The number of ketones is 1. The zero-order chi connectivity index (χ0) is 15.2. The molecule has 0 heterocycles. The lowest BCUT2D eigenvalue weighted by Crippen LogP contribution is -2.45. The van der Waals surface area contributed by atoms with E-state index in [4.69, 9.17) is 0 Å². The van der Waals surface area contributed by atoms with E-state index in [9.17, 15) is 4.79 Å². The Balaban J connectivity index is 2.35. The van der Waals surface area contributed by atoms with Gasteiger partial charge in [-0.25, -0.2) is 0 Å². The Morgan fingerprint density at radius 3 is 2.05 bits per heavy atom. The maximum absolute atomic E-state index is 12.7. The van der Waals surface area contributed by atoms with E-state index in [1.165, 1.54) is 42.4 Å². The molecule has 1 aromatic carbocycles. The Morgan fingerprint density at radius 1 is 0.762 bits per heavy atom. The van der Waals surface area contributed by atoms with Crippen molar-refractivity contribution in [3.8, 4) is 0 Å². The third-order valence-electron chi connectivity index (χ3n) is 5.31. The van der Waals surface area contributed by atoms with Crippen LogP contribution in [0.2, 0.25) is 19.6 Å². The van der Waals surface area contributed by atoms with E-state index in [2.05, 4.69) is 26.6 Å². The Hall–Kier alpha value is -0.893. The second-order valence-electron chi connectivity index (χ2n) is 7.90. The molecule has 2 aliphatic carbocycles. The number of benzene rings is 1. The first-order chi connectivity index (χ1) is 9.91. The topological polar surface area (TPSA) is 17.1 Å². The van der Waals surface area contributed by atoms with Gasteiger partial charge >= 0.3 is 0 Å². The van der Waals surface area contributed by atoms with E-state index in [1.807, 2.05) is 0 Å². The molecule has 0 radical (unpaired) electrons. The van der Waals surface area contributed by atoms with Gasteiger partial charge in [0, 0.05) is 12.0 Å². The number of hydrogen-bond acceptors (Lipinski definition) is 1. The average Bonchev–Trinajstić information content (AvgIpc) is 2.63. The van der Waals surface area contributed by atoms with Crippen LogP contribution in [0.5, 0.6) is 0 Å². The van der Waals surface area contributed by atoms with Gasteiger partial charge in [0.1, 0.15) is 0 Å². The van der Waals surface area contributed by atoms with Crippen LogP contribution in [0.3, 0.4) is 0 Å². The van der Waals surface area contributed by atoms with Crippen LogP contribution in [-0.4, -0.2) is 13.9 Å². The fraction of sp³-hybridized carbons (Fsp3) is 0.632. The van der Waals surface area contributed by atoms with E-state index in [1.54, 1.807) is 16.3 Å². The molecular formula is C19H28OSi. The summed E-state index contributed by atoms with van der Waals surface area (Å²) in [6, 6.07) is 0. The van der Waals surface area contributed by atoms with Gasteiger partial charge in [0.05, 0.1) is 8.07 Å². The average molecular weight is 301 g/mol. The lowest BCUT2D eigenvalue weighted by atomic mass is 9.81. The smallest absolute Gasteiger partial charge is 0.163 e. The van der Waals surface area contributed by atoms with Crippen molar-refractivity contribution in [2.45, 2.75) is 77.9 Å². The normalized spacial score (nSPS) is 19.0. The summed E-state index contributed by atoms with van der Waals surface area (Å²) < 4.78 is 0. The van der Waals surface area contributed by atoms with Crippen molar-refractivity contribution in [1.82, 2.24) is 0 Å². The van der Waals surface area contributed by atoms with Gasteiger partial charge in [-0.05, 0) is 67.7 Å². The quantitative estimate of drug-likeness (QED) is 0.557. The highest BCUT2D eigenvalue weighted by atomic mass is 28.3. The van der Waals surface area contributed by atoms with E-state index >= 15 is 0 Å². The van der Waals surface area contributed by atoms with Gasteiger partial charge in [0.2, 0.25) is 0 Å². The van der Waals surface area contributed by atoms with Crippen LogP contribution in [0.25, 0.3) is 0 Å². The molecule has 21 heavy (non-hydrogen) atoms. The predicted molar refractivity (Wildman–Crippen MR) is 92.7 cm³/mol. The molecule has 0 spiro atoms. The van der Waals surface area contributed by atoms with Crippen molar-refractivity contribution in [2.24, 2.45) is 0 Å². The van der Waals surface area contributed by atoms with Crippen LogP contribution in [0.15, 0.2) is 0 Å². The first kappa shape index (κ1) is 15.0. The maximum Gasteiger partial charge on any atom is 0.163 e. The number of rotatable bonds is 1. The molecule has 0 amide bonds. The van der Waals surface area contributed by atoms with Gasteiger partial charge in [-0.2, -0.15) is 0 Å². The number of carbonyl (C=O) groups excluding carboxylic acids is 1. The van der Waals surface area contributed by atoms with Crippen molar-refractivity contribution < 1.29 is 4.79 Å². The molecule has 114 valence electrons. The molecule has 0 atom stereocenters. The lowest BCUT2D eigenvalue weighted by Gasteiger charge is -2.32. The maximum atomic E-state index is 12.7. The van der Waals surface area contributed by atoms with E-state index in [0.717, 1.165) is 25.7 Å². The summed E-state index contributed by atoms with van der Waals surface area (Å²) in [5.74, 6) is 0.439. The van der Waals surface area contributed by atoms with Crippen LogP contribution in [0.1, 0.15) is 64.7 Å². The molecule has 1 aromatic rings. The van der Waals surface area contributed by atoms with Gasteiger partial charge in [0.25, 0.3) is 0 Å². The molecule has 0 unspecified atom stereocenters. The minimum atomic E-state index is -1.41. The fourth-order valence-corrected chi connectivity index (χ4v) is 7.04. The highest BCUT2D eigenvalue weighted by molar-refractivity contribution is 6.89. The van der Waals surface area contributed by atoms with Crippen molar-refractivity contribution in [3.05, 3.63) is 27.8 Å². The molecule has 1 nitrogen and oxygen atoms in total. The molecule has 2 aliphatic rings. The zero-order valence-electron chi connectivity index (χ0n) is 14.1. The van der Waals surface area contributed by atoms with E-state index in [-0.39, 0.29) is 0 Å². The van der Waals surface area contributed by atoms with Crippen LogP contribution >= 0.6 is 0 Å². The molecule has 0 saturated heterocycles. The first-order valence-electron chi connectivity index (χ1n) is 8.62. The first-order valence-corrected chi connectivity index (χ1v) is 12.1. The Labute approximate surface area is 130 Å². The minimum Gasteiger partial charge on any atom is -0.294 e. The molecule has 0 bridgehead atoms. The summed E-state index contributed by atoms with van der Waals surface area (Å²) in [6.45, 7) is 9.67. The monoisotopic (exact) mass is 300 g/mol. The largest absolute Gasteiger partial charge is 0.294 e. The summed E-state index contributed by atoms with van der Waals surface area (Å²) in [4.78, 5) is 12.7. The summed E-state index contributed by atoms with van der Waals surface area (Å²) in [5, 5.41) is 1.62. The van der Waals surface area contributed by atoms with E-state index < -0.39 is 8.07 Å². The predicted octanol–water partition coefficient (Wildman–Crippen LogP) is 4.33. The van der Waals surface area contributed by atoms with Crippen molar-refractivity contribution in [1.29, 1.82) is 0 Å². The number of Topliss-reactive ketones (excluding diaryl/α,β-unsaturated/α-hetero) is 1. The number of hydrogen-bond donors (Lipinski definition) is 0. The highest BCUT2D eigenvalue weighted by Crippen LogP contribution is 2.33. The third-order valence-corrected chi connectivity index (χ3v) is 7.49. The second kappa shape index (κ2) is 5.39. The molecular weight excluding hydrogens is 272 g/mol. The Kier molecular flexibility index (Phi) is 3.85. The summed E-state index contributed by atoms with van der Waals surface area (Å²) in [5.41, 5.74) is 7.20. The number of carbonyl (C=O) groups is 1. The zero-order valence-corrected chi connectivity index (χ0v) is 15.1. The van der Waals surface area contributed by atoms with Crippen LogP contribution in [0.4, 0.5) is 0 Å². The highest BCUT2D eigenvalue weighted by Gasteiger charge is 2.32. The van der Waals surface area contributed by atoms with Crippen LogP contribution < -0.4 is 5.19 Å². The van der Waals surface area contributed by atoms with E-state index in [0.29, 0.717) is 5.78 Å². The lowest BCUT2D eigenvalue weighted by molar-refractivity contribution is 0.0971. The van der Waals surface area contributed by atoms with Crippen LogP contribution in [0, 0.1) is 6.92 Å². The summed E-state index contributed by atoms with van der Waals surface area (Å²) in [7, 11) is -1.41. The summed E-state index contributed by atoms with van der Waals surface area (Å²) in [6.07, 6.45) is 9.17. The minimum absolute atomic E-state index is 0.439. The third kappa shape index (κ3) is 2.52. The molecule has 2 heteroatoms. The molecule has 0 aromatic heterocycles. The molecule has 3 rings (SSSR count). The Morgan fingerprint density at radius 2 is 1.38 bits per heavy atom. The Bertz CT molecular complexity index is 593. The van der Waals surface area contributed by atoms with Gasteiger partial charge in [0.15, 0.2) is 5.78 Å².